The van der Waals surface area contributed by atoms with Crippen LogP contribution in [0.3, 0.4) is 0 Å². The molecule has 0 spiro atoms. The van der Waals surface area contributed by atoms with Crippen molar-refractivity contribution < 1.29 is 34.1 Å². The molecule has 0 fully saturated rings. The van der Waals surface area contributed by atoms with Gasteiger partial charge in [-0.1, -0.05) is 50.2 Å². The Morgan fingerprint density at radius 3 is 2.28 bits per heavy atom. The molecule has 0 aliphatic rings. The second-order valence-corrected chi connectivity index (χ2v) is 10.7. The van der Waals surface area contributed by atoms with E-state index >= 15 is 0 Å². The van der Waals surface area contributed by atoms with Gasteiger partial charge in [-0.3, -0.25) is 14.4 Å². The highest BCUT2D eigenvalue weighted by atomic mass is 32.1. The smallest absolute Gasteiger partial charge is 0.408 e. The summed E-state index contributed by atoms with van der Waals surface area (Å²) in [6, 6.07) is 13.4. The lowest BCUT2D eigenvalue weighted by atomic mass is 10.0. The number of carbonyl (C=O) groups excluding carboxylic acids is 3. The van der Waals surface area contributed by atoms with E-state index in [1.165, 1.54) is 12.1 Å². The molecule has 2 aromatic rings. The molecule has 7 N–H and O–H groups in total. The molecule has 43 heavy (non-hydrogen) atoms. The maximum Gasteiger partial charge on any atom is 0.408 e. The normalized spacial score (nSPS) is 12.0. The molecule has 0 heterocycles. The fourth-order valence-corrected chi connectivity index (χ4v) is 4.19. The average molecular weight is 616 g/mol. The highest BCUT2D eigenvalue weighted by Crippen LogP contribution is 2.16. The molecule has 0 saturated carbocycles. The number of phenolic OH excluding ortho intramolecular Hbond substituents is 1. The lowest BCUT2D eigenvalue weighted by Gasteiger charge is -2.24. The van der Waals surface area contributed by atoms with Gasteiger partial charge < -0.3 is 41.5 Å². The quantitative estimate of drug-likeness (QED) is 0.103. The van der Waals surface area contributed by atoms with Gasteiger partial charge in [0.2, 0.25) is 11.8 Å². The number of carbonyl (C=O) groups is 4. The standard InChI is InChI=1S/C30H41N5O7S/c1-20(2)17-25(35-30(41)42-19-21-9-4-3-5-10-21)28(40)34-24(27(39)33-22-11-8-12-23(36)18-22)13-6-7-15-31-29(43)32-16-14-26(37)38/h3-5,8-12,18,20,24-25,36H,6-7,13-17,19H2,1-2H3,(H,33,39)(H,34,40)(H,35,41)(H,37,38)(H2,31,32,43)/t24-,25-/m0/s1. The van der Waals surface area contributed by atoms with Gasteiger partial charge in [0.1, 0.15) is 24.4 Å². The summed E-state index contributed by atoms with van der Waals surface area (Å²) in [5.41, 5.74) is 1.17. The van der Waals surface area contributed by atoms with Gasteiger partial charge in [0.05, 0.1) is 6.42 Å². The Hall–Kier alpha value is -4.39. The number of alkyl carbamates (subject to hydrolysis) is 1. The number of unbranched alkanes of at least 4 members (excludes halogenated alkanes) is 1. The summed E-state index contributed by atoms with van der Waals surface area (Å²) in [5, 5.41) is 32.7. The molecule has 0 bridgehead atoms. The Morgan fingerprint density at radius 2 is 1.60 bits per heavy atom. The number of amides is 3. The average Bonchev–Trinajstić information content (AvgIpc) is 2.95. The van der Waals surface area contributed by atoms with Gasteiger partial charge >= 0.3 is 12.1 Å². The summed E-state index contributed by atoms with van der Waals surface area (Å²) in [7, 11) is 0. The second kappa shape index (κ2) is 18.9. The van der Waals surface area contributed by atoms with Crippen LogP contribution < -0.4 is 26.6 Å². The fourth-order valence-electron chi connectivity index (χ4n) is 3.98. The van der Waals surface area contributed by atoms with Crippen LogP contribution in [0.2, 0.25) is 0 Å². The number of nitrogens with one attached hydrogen (secondary N) is 5. The first-order valence-electron chi connectivity index (χ1n) is 14.1. The monoisotopic (exact) mass is 615 g/mol. The van der Waals surface area contributed by atoms with E-state index in [2.05, 4.69) is 26.6 Å². The predicted molar refractivity (Wildman–Crippen MR) is 166 cm³/mol. The summed E-state index contributed by atoms with van der Waals surface area (Å²) >= 11 is 5.13. The number of anilines is 1. The topological polar surface area (TPSA) is 178 Å². The third kappa shape index (κ3) is 14.9. The number of ether oxygens (including phenoxy) is 1. The van der Waals surface area contributed by atoms with E-state index < -0.39 is 36.0 Å². The van der Waals surface area contributed by atoms with Gasteiger partial charge in [0.15, 0.2) is 5.11 Å². The van der Waals surface area contributed by atoms with Crippen molar-refractivity contribution in [3.05, 3.63) is 60.2 Å². The van der Waals surface area contributed by atoms with E-state index in [0.717, 1.165) is 5.56 Å². The highest BCUT2D eigenvalue weighted by molar-refractivity contribution is 7.80. The Labute approximate surface area is 257 Å². The molecule has 0 saturated heterocycles. The molecular formula is C30H41N5O7S. The van der Waals surface area contributed by atoms with E-state index in [9.17, 15) is 24.3 Å². The Balaban J connectivity index is 2.00. The number of phenols is 1. The van der Waals surface area contributed by atoms with Crippen LogP contribution in [0.25, 0.3) is 0 Å². The fraction of sp³-hybridized carbons (Fsp3) is 0.433. The Kier molecular flexibility index (Phi) is 15.3. The minimum Gasteiger partial charge on any atom is -0.508 e. The molecular weight excluding hydrogens is 574 g/mol. The first kappa shape index (κ1) is 34.8. The van der Waals surface area contributed by atoms with Crippen LogP contribution in [-0.4, -0.2) is 64.4 Å². The zero-order valence-corrected chi connectivity index (χ0v) is 25.2. The van der Waals surface area contributed by atoms with Crippen LogP contribution in [0, 0.1) is 5.92 Å². The molecule has 0 unspecified atom stereocenters. The lowest BCUT2D eigenvalue weighted by Crippen LogP contribution is -2.53. The maximum atomic E-state index is 13.4. The van der Waals surface area contributed by atoms with E-state index in [0.29, 0.717) is 36.6 Å². The summed E-state index contributed by atoms with van der Waals surface area (Å²) in [6.07, 6.45) is 0.934. The third-order valence-corrected chi connectivity index (χ3v) is 6.39. The molecule has 0 aliphatic carbocycles. The van der Waals surface area contributed by atoms with Gasteiger partial charge in [0, 0.05) is 24.8 Å². The number of rotatable bonds is 17. The van der Waals surface area contributed by atoms with Crippen LogP contribution in [0.5, 0.6) is 5.75 Å². The lowest BCUT2D eigenvalue weighted by molar-refractivity contribution is -0.136. The van der Waals surface area contributed by atoms with Crippen molar-refractivity contribution in [2.24, 2.45) is 5.92 Å². The summed E-state index contributed by atoms with van der Waals surface area (Å²) in [4.78, 5) is 49.7. The van der Waals surface area contributed by atoms with Crippen LogP contribution in [-0.2, 0) is 25.7 Å². The van der Waals surface area contributed by atoms with Crippen LogP contribution in [0.4, 0.5) is 10.5 Å². The molecule has 2 atom stereocenters. The summed E-state index contributed by atoms with van der Waals surface area (Å²) in [6.45, 7) is 4.55. The van der Waals surface area contributed by atoms with E-state index in [1.807, 2.05) is 44.2 Å². The SMILES string of the molecule is CC(C)C[C@H](NC(=O)OCc1ccccc1)C(=O)N[C@@H](CCCCNC(=S)NCCC(=O)O)C(=O)Nc1cccc(O)c1. The van der Waals surface area contributed by atoms with E-state index in [-0.39, 0.29) is 37.7 Å². The molecule has 12 nitrogen and oxygen atoms in total. The number of hydrogen-bond acceptors (Lipinski definition) is 7. The molecule has 0 aliphatic heterocycles. The van der Waals surface area contributed by atoms with Gasteiger partial charge in [0.25, 0.3) is 0 Å². The molecule has 0 radical (unpaired) electrons. The number of carboxylic acid groups (broad SMARTS) is 1. The van der Waals surface area contributed by atoms with Crippen LogP contribution >= 0.6 is 12.2 Å². The number of aliphatic carboxylic acids is 1. The molecule has 2 aromatic carbocycles. The van der Waals surface area contributed by atoms with Gasteiger partial charge in [-0.05, 0) is 61.5 Å². The summed E-state index contributed by atoms with van der Waals surface area (Å²) in [5.74, 6) is -1.89. The van der Waals surface area contributed by atoms with E-state index in [1.54, 1.807) is 12.1 Å². The molecule has 0 aromatic heterocycles. The number of hydrogen-bond donors (Lipinski definition) is 7. The first-order chi connectivity index (χ1) is 20.5. The van der Waals surface area contributed by atoms with Crippen LogP contribution in [0.15, 0.2) is 54.6 Å². The van der Waals surface area contributed by atoms with Crippen molar-refractivity contribution in [2.45, 2.75) is 64.6 Å². The number of thiocarbonyl (C=S) groups is 1. The number of carboxylic acids is 1. The second-order valence-electron chi connectivity index (χ2n) is 10.3. The van der Waals surface area contributed by atoms with Crippen LogP contribution in [0.1, 0.15) is 51.5 Å². The van der Waals surface area contributed by atoms with Gasteiger partial charge in [-0.2, -0.15) is 0 Å². The summed E-state index contributed by atoms with van der Waals surface area (Å²) < 4.78 is 5.30. The zero-order chi connectivity index (χ0) is 31.6. The van der Waals surface area contributed by atoms with Crippen molar-refractivity contribution in [1.29, 1.82) is 0 Å². The molecule has 2 rings (SSSR count). The molecule has 3 amide bonds. The zero-order valence-electron chi connectivity index (χ0n) is 24.4. The molecule has 234 valence electrons. The highest BCUT2D eigenvalue weighted by Gasteiger charge is 2.28. The minimum absolute atomic E-state index is 0.0207. The number of benzene rings is 2. The van der Waals surface area contributed by atoms with E-state index in [4.69, 9.17) is 22.1 Å². The Morgan fingerprint density at radius 1 is 0.884 bits per heavy atom. The van der Waals surface area contributed by atoms with Crippen molar-refractivity contribution in [1.82, 2.24) is 21.3 Å². The molecule has 13 heteroatoms. The van der Waals surface area contributed by atoms with Crippen molar-refractivity contribution >= 4 is 46.9 Å². The van der Waals surface area contributed by atoms with Crippen molar-refractivity contribution in [3.63, 3.8) is 0 Å². The largest absolute Gasteiger partial charge is 0.508 e. The van der Waals surface area contributed by atoms with Gasteiger partial charge in [-0.15, -0.1) is 0 Å². The Bertz CT molecular complexity index is 1210. The van der Waals surface area contributed by atoms with Crippen molar-refractivity contribution in [2.75, 3.05) is 18.4 Å². The number of aromatic hydroxyl groups is 1. The maximum absolute atomic E-state index is 13.4. The third-order valence-electron chi connectivity index (χ3n) is 6.10. The van der Waals surface area contributed by atoms with Crippen molar-refractivity contribution in [3.8, 4) is 5.75 Å². The minimum atomic E-state index is -0.938. The van der Waals surface area contributed by atoms with Gasteiger partial charge in [-0.25, -0.2) is 4.79 Å². The first-order valence-corrected chi connectivity index (χ1v) is 14.5. The predicted octanol–water partition coefficient (Wildman–Crippen LogP) is 3.27.